The summed E-state index contributed by atoms with van der Waals surface area (Å²) in [6.45, 7) is 1.52. The van der Waals surface area contributed by atoms with Gasteiger partial charge in [0.1, 0.15) is 4.88 Å². The molecule has 7 nitrogen and oxygen atoms in total. The lowest BCUT2D eigenvalue weighted by molar-refractivity contribution is 0.100. The number of hydrogen-bond acceptors (Lipinski definition) is 5. The van der Waals surface area contributed by atoms with E-state index < -0.39 is 11.9 Å². The second kappa shape index (κ2) is 7.99. The SMILES string of the molecule is NC(=O)c1sc(C#Cc2ccncc2)cc1N(C(N)=O)[C@H]1CCCNC1. The summed E-state index contributed by atoms with van der Waals surface area (Å²) < 4.78 is 0. The number of carbonyl (C=O) groups excluding carboxylic acids is 2. The van der Waals surface area contributed by atoms with Crippen molar-refractivity contribution in [1.29, 1.82) is 0 Å². The molecule has 0 saturated carbocycles. The van der Waals surface area contributed by atoms with Crippen molar-refractivity contribution in [2.45, 2.75) is 18.9 Å². The maximum Gasteiger partial charge on any atom is 0.319 e. The molecular weight excluding hydrogens is 350 g/mol. The Morgan fingerprint density at radius 1 is 1.27 bits per heavy atom. The fourth-order valence-electron chi connectivity index (χ4n) is 2.92. The molecular formula is C18H19N5O2S. The average molecular weight is 369 g/mol. The minimum atomic E-state index is -0.604. The third kappa shape index (κ3) is 4.02. The second-order valence-electron chi connectivity index (χ2n) is 5.88. The monoisotopic (exact) mass is 369 g/mol. The number of rotatable bonds is 3. The molecule has 1 fully saturated rings. The Morgan fingerprint density at radius 2 is 2.04 bits per heavy atom. The zero-order chi connectivity index (χ0) is 18.5. The number of thiophene rings is 1. The van der Waals surface area contributed by atoms with Crippen molar-refractivity contribution in [3.63, 3.8) is 0 Å². The van der Waals surface area contributed by atoms with E-state index in [2.05, 4.69) is 22.1 Å². The van der Waals surface area contributed by atoms with Crippen molar-refractivity contribution in [1.82, 2.24) is 10.3 Å². The fourth-order valence-corrected chi connectivity index (χ4v) is 3.77. The van der Waals surface area contributed by atoms with Crippen molar-refractivity contribution < 1.29 is 9.59 Å². The molecule has 0 bridgehead atoms. The Morgan fingerprint density at radius 3 is 2.65 bits per heavy atom. The van der Waals surface area contributed by atoms with E-state index in [0.29, 0.717) is 17.1 Å². The molecule has 3 heterocycles. The van der Waals surface area contributed by atoms with Crippen molar-refractivity contribution in [2.24, 2.45) is 11.5 Å². The molecule has 0 unspecified atom stereocenters. The van der Waals surface area contributed by atoms with Gasteiger partial charge in [0.05, 0.1) is 16.6 Å². The number of nitrogens with one attached hydrogen (secondary N) is 1. The topological polar surface area (TPSA) is 114 Å². The van der Waals surface area contributed by atoms with Gasteiger partial charge in [-0.2, -0.15) is 0 Å². The maximum absolute atomic E-state index is 12.1. The van der Waals surface area contributed by atoms with Gasteiger partial charge in [0.15, 0.2) is 0 Å². The summed E-state index contributed by atoms with van der Waals surface area (Å²) in [7, 11) is 0. The van der Waals surface area contributed by atoms with Crippen LogP contribution in [0.4, 0.5) is 10.5 Å². The molecule has 1 aliphatic heterocycles. The smallest absolute Gasteiger partial charge is 0.319 e. The zero-order valence-electron chi connectivity index (χ0n) is 14.1. The lowest BCUT2D eigenvalue weighted by Crippen LogP contribution is -2.51. The highest BCUT2D eigenvalue weighted by Crippen LogP contribution is 2.32. The number of nitrogens with zero attached hydrogens (tertiary/aromatic N) is 2. The number of hydrogen-bond donors (Lipinski definition) is 3. The molecule has 8 heteroatoms. The second-order valence-corrected chi connectivity index (χ2v) is 6.94. The summed E-state index contributed by atoms with van der Waals surface area (Å²) in [5, 5.41) is 3.25. The molecule has 3 amide bonds. The van der Waals surface area contributed by atoms with Gasteiger partial charge in [-0.25, -0.2) is 4.79 Å². The number of carbonyl (C=O) groups is 2. The number of nitrogens with two attached hydrogens (primary N) is 2. The first-order valence-corrected chi connectivity index (χ1v) is 9.03. The number of pyridine rings is 1. The van der Waals surface area contributed by atoms with Crippen LogP contribution in [0.1, 0.15) is 33.0 Å². The third-order valence-corrected chi connectivity index (χ3v) is 5.13. The van der Waals surface area contributed by atoms with Gasteiger partial charge < -0.3 is 16.8 Å². The highest BCUT2D eigenvalue weighted by atomic mass is 32.1. The van der Waals surface area contributed by atoms with Crippen LogP contribution < -0.4 is 21.7 Å². The maximum atomic E-state index is 12.1. The third-order valence-electron chi connectivity index (χ3n) is 4.08. The van der Waals surface area contributed by atoms with E-state index in [1.807, 2.05) is 0 Å². The lowest BCUT2D eigenvalue weighted by Gasteiger charge is -2.33. The van der Waals surface area contributed by atoms with Crippen LogP contribution in [-0.2, 0) is 0 Å². The number of amides is 3. The summed E-state index contributed by atoms with van der Waals surface area (Å²) in [6.07, 6.45) is 5.05. The van der Waals surface area contributed by atoms with E-state index >= 15 is 0 Å². The molecule has 1 atom stereocenters. The van der Waals surface area contributed by atoms with Gasteiger partial charge in [-0.05, 0) is 37.6 Å². The van der Waals surface area contributed by atoms with E-state index in [1.165, 1.54) is 4.90 Å². The first kappa shape index (κ1) is 17.9. The summed E-state index contributed by atoms with van der Waals surface area (Å²) >= 11 is 1.16. The van der Waals surface area contributed by atoms with Gasteiger partial charge >= 0.3 is 6.03 Å². The Hall–Kier alpha value is -2.89. The molecule has 1 aliphatic rings. The number of urea groups is 1. The predicted octanol–water partition coefficient (Wildman–Crippen LogP) is 1.28. The van der Waals surface area contributed by atoms with Crippen LogP contribution in [-0.4, -0.2) is 36.1 Å². The van der Waals surface area contributed by atoms with Crippen LogP contribution in [0, 0.1) is 11.8 Å². The molecule has 0 aliphatic carbocycles. The number of piperidine rings is 1. The van der Waals surface area contributed by atoms with Crippen LogP contribution in [0.3, 0.4) is 0 Å². The molecule has 2 aromatic heterocycles. The van der Waals surface area contributed by atoms with Crippen molar-refractivity contribution in [3.8, 4) is 11.8 Å². The van der Waals surface area contributed by atoms with Gasteiger partial charge in [0.25, 0.3) is 5.91 Å². The Balaban J connectivity index is 1.97. The number of primary amides is 2. The summed E-state index contributed by atoms with van der Waals surface area (Å²) in [4.78, 5) is 30.3. The van der Waals surface area contributed by atoms with E-state index in [1.54, 1.807) is 30.6 Å². The van der Waals surface area contributed by atoms with Gasteiger partial charge in [-0.1, -0.05) is 11.8 Å². The predicted molar refractivity (Wildman–Crippen MR) is 101 cm³/mol. The Kier molecular flexibility index (Phi) is 5.51. The Labute approximate surface area is 155 Å². The van der Waals surface area contributed by atoms with Crippen molar-refractivity contribution in [2.75, 3.05) is 18.0 Å². The van der Waals surface area contributed by atoms with Crippen molar-refractivity contribution in [3.05, 3.63) is 45.9 Å². The molecule has 0 radical (unpaired) electrons. The van der Waals surface area contributed by atoms with Crippen LogP contribution in [0.5, 0.6) is 0 Å². The summed E-state index contributed by atoms with van der Waals surface area (Å²) in [6, 6.07) is 4.57. The molecule has 0 aromatic carbocycles. The molecule has 1 saturated heterocycles. The Bertz CT molecular complexity index is 863. The van der Waals surface area contributed by atoms with Crippen LogP contribution in [0.2, 0.25) is 0 Å². The summed E-state index contributed by atoms with van der Waals surface area (Å²) in [5.74, 6) is 5.42. The van der Waals surface area contributed by atoms with E-state index in [4.69, 9.17) is 11.5 Å². The minimum absolute atomic E-state index is 0.116. The molecule has 134 valence electrons. The first-order chi connectivity index (χ1) is 12.6. The molecule has 3 rings (SSSR count). The fraction of sp³-hybridized carbons (Fsp3) is 0.278. The van der Waals surface area contributed by atoms with E-state index in [-0.39, 0.29) is 10.9 Å². The minimum Gasteiger partial charge on any atom is -0.365 e. The quantitative estimate of drug-likeness (QED) is 0.707. The van der Waals surface area contributed by atoms with E-state index in [0.717, 1.165) is 36.3 Å². The van der Waals surface area contributed by atoms with Crippen LogP contribution in [0.15, 0.2) is 30.6 Å². The highest BCUT2D eigenvalue weighted by molar-refractivity contribution is 7.15. The standard InChI is InChI=1S/C18H19N5O2S/c19-17(24)16-15(23(18(20)25)13-2-1-7-22-11-13)10-14(26-16)4-3-12-5-8-21-9-6-12/h5-6,8-10,13,22H,1-2,7,11H2,(H2,19,24)(H2,20,25)/t13-/m0/s1. The van der Waals surface area contributed by atoms with Crippen LogP contribution >= 0.6 is 11.3 Å². The molecule has 26 heavy (non-hydrogen) atoms. The highest BCUT2D eigenvalue weighted by Gasteiger charge is 2.29. The first-order valence-electron chi connectivity index (χ1n) is 8.21. The lowest BCUT2D eigenvalue weighted by atomic mass is 10.1. The van der Waals surface area contributed by atoms with Gasteiger partial charge in [-0.3, -0.25) is 14.7 Å². The largest absolute Gasteiger partial charge is 0.365 e. The average Bonchev–Trinajstić information content (AvgIpc) is 3.06. The normalized spacial score (nSPS) is 16.4. The van der Waals surface area contributed by atoms with E-state index in [9.17, 15) is 9.59 Å². The van der Waals surface area contributed by atoms with Crippen LogP contribution in [0.25, 0.3) is 0 Å². The van der Waals surface area contributed by atoms with Crippen molar-refractivity contribution >= 4 is 29.0 Å². The van der Waals surface area contributed by atoms with Gasteiger partial charge in [0.2, 0.25) is 0 Å². The summed E-state index contributed by atoms with van der Waals surface area (Å²) in [5.41, 5.74) is 12.4. The number of anilines is 1. The van der Waals surface area contributed by atoms with Gasteiger partial charge in [-0.15, -0.1) is 11.3 Å². The molecule has 5 N–H and O–H groups in total. The van der Waals surface area contributed by atoms with Gasteiger partial charge in [0, 0.05) is 24.5 Å². The number of aromatic nitrogens is 1. The zero-order valence-corrected chi connectivity index (χ0v) is 14.9. The molecule has 2 aromatic rings. The molecule has 0 spiro atoms.